The first-order chi connectivity index (χ1) is 12.5. The Kier molecular flexibility index (Phi) is 5.98. The molecule has 1 amide bonds. The van der Waals surface area contributed by atoms with Crippen LogP contribution in [0.2, 0.25) is 0 Å². The molecule has 1 fully saturated rings. The predicted octanol–water partition coefficient (Wildman–Crippen LogP) is 2.80. The number of carbonyl (C=O) groups is 1. The van der Waals surface area contributed by atoms with E-state index >= 15 is 0 Å². The van der Waals surface area contributed by atoms with Crippen LogP contribution >= 0.6 is 23.1 Å². The largest absolute Gasteiger partial charge is 0.497 e. The fraction of sp³-hybridized carbons (Fsp3) is 0.500. The number of methoxy groups -OCH3 is 1. The van der Waals surface area contributed by atoms with Gasteiger partial charge in [-0.1, -0.05) is 12.1 Å². The van der Waals surface area contributed by atoms with E-state index in [2.05, 4.69) is 14.3 Å². The average Bonchev–Trinajstić information content (AvgIpc) is 3.09. The maximum atomic E-state index is 12.2. The van der Waals surface area contributed by atoms with Crippen molar-refractivity contribution in [3.63, 3.8) is 0 Å². The van der Waals surface area contributed by atoms with Gasteiger partial charge in [-0.2, -0.15) is 4.37 Å². The maximum Gasteiger partial charge on any atom is 0.240 e. The lowest BCUT2D eigenvalue weighted by Gasteiger charge is -2.40. The zero-order valence-corrected chi connectivity index (χ0v) is 16.8. The lowest BCUT2D eigenvalue weighted by molar-refractivity contribution is -0.132. The molecule has 1 aliphatic rings. The van der Waals surface area contributed by atoms with Crippen molar-refractivity contribution in [3.05, 3.63) is 35.7 Å². The van der Waals surface area contributed by atoms with Crippen molar-refractivity contribution < 1.29 is 9.53 Å². The topological polar surface area (TPSA) is 58.6 Å². The fourth-order valence-electron chi connectivity index (χ4n) is 3.10. The number of halogens is 1. The van der Waals surface area contributed by atoms with Gasteiger partial charge in [0.25, 0.3) is 0 Å². The van der Waals surface area contributed by atoms with Gasteiger partial charge in [0.1, 0.15) is 17.0 Å². The molecule has 1 saturated heterocycles. The summed E-state index contributed by atoms with van der Waals surface area (Å²) in [5.74, 6) is 1.63. The van der Waals surface area contributed by atoms with E-state index in [4.69, 9.17) is 16.3 Å². The molecular weight excluding hydrogens is 372 g/mol. The van der Waals surface area contributed by atoms with Gasteiger partial charge in [-0.3, -0.25) is 4.79 Å². The molecular formula is C18H23ClN4O2S. The van der Waals surface area contributed by atoms with Gasteiger partial charge in [-0.05, 0) is 31.5 Å². The van der Waals surface area contributed by atoms with Crippen LogP contribution in [-0.4, -0.2) is 58.3 Å². The number of hydrogen-bond donors (Lipinski definition) is 0. The molecule has 1 aromatic heterocycles. The molecule has 8 heteroatoms. The Morgan fingerprint density at radius 1 is 1.46 bits per heavy atom. The van der Waals surface area contributed by atoms with Crippen molar-refractivity contribution in [1.29, 1.82) is 0 Å². The standard InChI is InChI=1S/C18H23ClN4O2S/c1-12-11-22(7-8-23(12)17(24)13(2)19)18-20-16(21-26-18)10-14-5-4-6-15(9-14)25-3/h4-6,9,12-13H,7-8,10-11H2,1-3H3. The average molecular weight is 395 g/mol. The summed E-state index contributed by atoms with van der Waals surface area (Å²) < 4.78 is 9.76. The first kappa shape index (κ1) is 18.9. The number of aromatic nitrogens is 2. The van der Waals surface area contributed by atoms with Crippen LogP contribution in [0.1, 0.15) is 25.2 Å². The van der Waals surface area contributed by atoms with Gasteiger partial charge in [0.05, 0.1) is 7.11 Å². The summed E-state index contributed by atoms with van der Waals surface area (Å²) in [5, 5.41) is 0.417. The molecule has 140 valence electrons. The number of piperazine rings is 1. The van der Waals surface area contributed by atoms with Gasteiger partial charge in [0.15, 0.2) is 0 Å². The van der Waals surface area contributed by atoms with Crippen LogP contribution in [0, 0.1) is 0 Å². The summed E-state index contributed by atoms with van der Waals surface area (Å²) in [5.41, 5.74) is 1.12. The monoisotopic (exact) mass is 394 g/mol. The summed E-state index contributed by atoms with van der Waals surface area (Å²) >= 11 is 7.36. The maximum absolute atomic E-state index is 12.2. The molecule has 6 nitrogen and oxygen atoms in total. The van der Waals surface area contributed by atoms with E-state index in [-0.39, 0.29) is 11.9 Å². The van der Waals surface area contributed by atoms with Gasteiger partial charge in [-0.25, -0.2) is 4.98 Å². The van der Waals surface area contributed by atoms with Crippen LogP contribution in [0.3, 0.4) is 0 Å². The lowest BCUT2D eigenvalue weighted by Crippen LogP contribution is -2.55. The number of benzene rings is 1. The Labute approximate surface area is 162 Å². The van der Waals surface area contributed by atoms with Crippen LogP contribution in [0.5, 0.6) is 5.75 Å². The molecule has 0 spiro atoms. The molecule has 2 aromatic rings. The number of amides is 1. The Bertz CT molecular complexity index is 767. The highest BCUT2D eigenvalue weighted by Crippen LogP contribution is 2.23. The summed E-state index contributed by atoms with van der Waals surface area (Å²) in [6.07, 6.45) is 0.672. The van der Waals surface area contributed by atoms with E-state index in [9.17, 15) is 4.79 Å². The van der Waals surface area contributed by atoms with Crippen molar-refractivity contribution in [2.45, 2.75) is 31.7 Å². The zero-order chi connectivity index (χ0) is 18.7. The molecule has 0 saturated carbocycles. The molecule has 3 rings (SSSR count). The van der Waals surface area contributed by atoms with E-state index in [1.165, 1.54) is 11.5 Å². The van der Waals surface area contributed by atoms with Gasteiger partial charge in [0.2, 0.25) is 11.0 Å². The molecule has 2 heterocycles. The first-order valence-corrected chi connectivity index (χ1v) is 9.84. The van der Waals surface area contributed by atoms with E-state index in [0.29, 0.717) is 13.0 Å². The van der Waals surface area contributed by atoms with Crippen LogP contribution in [-0.2, 0) is 11.2 Å². The third-order valence-corrected chi connectivity index (χ3v) is 5.48. The van der Waals surface area contributed by atoms with Gasteiger partial charge in [-0.15, -0.1) is 11.6 Å². The number of carbonyl (C=O) groups excluding carboxylic acids is 1. The van der Waals surface area contributed by atoms with Crippen molar-refractivity contribution in [2.24, 2.45) is 0 Å². The minimum atomic E-state index is -0.486. The number of ether oxygens (including phenoxy) is 1. The first-order valence-electron chi connectivity index (χ1n) is 8.63. The number of rotatable bonds is 5. The quantitative estimate of drug-likeness (QED) is 0.730. The van der Waals surface area contributed by atoms with Gasteiger partial charge >= 0.3 is 0 Å². The molecule has 2 atom stereocenters. The summed E-state index contributed by atoms with van der Waals surface area (Å²) in [7, 11) is 1.66. The normalized spacial score (nSPS) is 18.7. The van der Waals surface area contributed by atoms with Crippen molar-refractivity contribution >= 4 is 34.2 Å². The molecule has 26 heavy (non-hydrogen) atoms. The third kappa shape index (κ3) is 4.27. The number of hydrogen-bond acceptors (Lipinski definition) is 6. The molecule has 0 radical (unpaired) electrons. The molecule has 0 aliphatic carbocycles. The lowest BCUT2D eigenvalue weighted by atomic mass is 10.1. The van der Waals surface area contributed by atoms with Crippen LogP contribution < -0.4 is 9.64 Å². The van der Waals surface area contributed by atoms with Crippen molar-refractivity contribution in [2.75, 3.05) is 31.6 Å². The highest BCUT2D eigenvalue weighted by Gasteiger charge is 2.30. The molecule has 0 N–H and O–H groups in total. The second kappa shape index (κ2) is 8.22. The number of alkyl halides is 1. The van der Waals surface area contributed by atoms with E-state index in [1.807, 2.05) is 36.1 Å². The van der Waals surface area contributed by atoms with E-state index in [0.717, 1.165) is 35.4 Å². The van der Waals surface area contributed by atoms with Gasteiger partial charge < -0.3 is 14.5 Å². The second-order valence-corrected chi connectivity index (χ2v) is 7.85. The Morgan fingerprint density at radius 2 is 2.27 bits per heavy atom. The van der Waals surface area contributed by atoms with E-state index < -0.39 is 5.38 Å². The smallest absolute Gasteiger partial charge is 0.240 e. The third-order valence-electron chi connectivity index (χ3n) is 4.48. The second-order valence-electron chi connectivity index (χ2n) is 6.46. The molecule has 1 aromatic carbocycles. The van der Waals surface area contributed by atoms with E-state index in [1.54, 1.807) is 14.0 Å². The fourth-order valence-corrected chi connectivity index (χ4v) is 3.94. The van der Waals surface area contributed by atoms with Crippen LogP contribution in [0.25, 0.3) is 0 Å². The Hall–Kier alpha value is -1.86. The highest BCUT2D eigenvalue weighted by atomic mass is 35.5. The Morgan fingerprint density at radius 3 is 2.96 bits per heavy atom. The van der Waals surface area contributed by atoms with Crippen molar-refractivity contribution in [1.82, 2.24) is 14.3 Å². The SMILES string of the molecule is COc1cccc(Cc2nsc(N3CCN(C(=O)C(C)Cl)C(C)C3)n2)c1. The van der Waals surface area contributed by atoms with Crippen LogP contribution in [0.15, 0.2) is 24.3 Å². The predicted molar refractivity (Wildman–Crippen MR) is 104 cm³/mol. The summed E-state index contributed by atoms with van der Waals surface area (Å²) in [6, 6.07) is 8.04. The van der Waals surface area contributed by atoms with Crippen LogP contribution in [0.4, 0.5) is 5.13 Å². The summed E-state index contributed by atoms with van der Waals surface area (Å²) in [6.45, 7) is 5.90. The van der Waals surface area contributed by atoms with Gasteiger partial charge in [0, 0.05) is 43.6 Å². The summed E-state index contributed by atoms with van der Waals surface area (Å²) in [4.78, 5) is 20.9. The molecule has 2 unspecified atom stereocenters. The molecule has 0 bridgehead atoms. The number of nitrogens with zero attached hydrogens (tertiary/aromatic N) is 4. The zero-order valence-electron chi connectivity index (χ0n) is 15.2. The van der Waals surface area contributed by atoms with Crippen molar-refractivity contribution in [3.8, 4) is 5.75 Å². The highest BCUT2D eigenvalue weighted by molar-refractivity contribution is 7.09. The minimum Gasteiger partial charge on any atom is -0.497 e. The Balaban J connectivity index is 1.64. The molecule has 1 aliphatic heterocycles. The number of anilines is 1. The minimum absolute atomic E-state index is 0.00482.